The Kier molecular flexibility index (Phi) is 3.40. The summed E-state index contributed by atoms with van der Waals surface area (Å²) in [6, 6.07) is 3.71. The van der Waals surface area contributed by atoms with Crippen LogP contribution in [0.2, 0.25) is 0 Å². The summed E-state index contributed by atoms with van der Waals surface area (Å²) in [5.74, 6) is 0. The molecule has 0 aliphatic rings. The molecule has 0 bridgehead atoms. The lowest BCUT2D eigenvalue weighted by Gasteiger charge is -1.96. The number of aromatic nitrogens is 2. The van der Waals surface area contributed by atoms with Crippen LogP contribution in [0.5, 0.6) is 0 Å². The third-order valence-electron chi connectivity index (χ3n) is 1.99. The molecular weight excluding hydrogens is 176 g/mol. The first-order chi connectivity index (χ1) is 6.83. The van der Waals surface area contributed by atoms with Gasteiger partial charge in [0.25, 0.3) is 0 Å². The Morgan fingerprint density at radius 3 is 2.71 bits per heavy atom. The van der Waals surface area contributed by atoms with E-state index >= 15 is 0 Å². The smallest absolute Gasteiger partial charge is 0.152 e. The molecule has 1 N–H and O–H groups in total. The fraction of sp³-hybridized carbons (Fsp3) is 0.273. The Bertz CT molecular complexity index is 432. The van der Waals surface area contributed by atoms with E-state index in [1.165, 1.54) is 0 Å². The van der Waals surface area contributed by atoms with Crippen LogP contribution in [0.3, 0.4) is 0 Å². The van der Waals surface area contributed by atoms with Gasteiger partial charge in [-0.2, -0.15) is 5.10 Å². The Hall–Kier alpha value is -1.64. The van der Waals surface area contributed by atoms with Crippen LogP contribution in [0.15, 0.2) is 18.3 Å². The van der Waals surface area contributed by atoms with E-state index < -0.39 is 0 Å². The topological polar surface area (TPSA) is 45.8 Å². The van der Waals surface area contributed by atoms with Crippen molar-refractivity contribution >= 4 is 17.2 Å². The van der Waals surface area contributed by atoms with Crippen molar-refractivity contribution in [3.05, 3.63) is 29.5 Å². The summed E-state index contributed by atoms with van der Waals surface area (Å²) < 4.78 is 0. The van der Waals surface area contributed by atoms with Crippen LogP contribution in [0.1, 0.15) is 29.8 Å². The summed E-state index contributed by atoms with van der Waals surface area (Å²) in [6.07, 6.45) is 2.57. The van der Waals surface area contributed by atoms with Crippen LogP contribution < -0.4 is 0 Å². The number of H-pyrrole nitrogens is 1. The first kappa shape index (κ1) is 10.4. The fourth-order valence-corrected chi connectivity index (χ4v) is 1.29. The minimum absolute atomic E-state index is 0.660. The minimum atomic E-state index is 0.660. The zero-order valence-corrected chi connectivity index (χ0v) is 8.66. The number of aldehydes is 1. The molecule has 1 aromatic carbocycles. The number of aryl methyl sites for hydroxylation is 1. The van der Waals surface area contributed by atoms with Crippen molar-refractivity contribution in [2.75, 3.05) is 0 Å². The molecular formula is C11H14N2O. The van der Waals surface area contributed by atoms with Crippen LogP contribution in [0.25, 0.3) is 10.9 Å². The number of rotatable bonds is 1. The number of carbonyl (C=O) groups excluding carboxylic acids is 1. The highest BCUT2D eigenvalue weighted by Gasteiger charge is 2.03. The van der Waals surface area contributed by atoms with Crippen molar-refractivity contribution in [2.45, 2.75) is 20.8 Å². The van der Waals surface area contributed by atoms with Crippen LogP contribution in [0.4, 0.5) is 0 Å². The molecule has 2 aromatic rings. The highest BCUT2D eigenvalue weighted by atomic mass is 16.1. The van der Waals surface area contributed by atoms with E-state index in [1.54, 1.807) is 12.3 Å². The molecule has 1 heterocycles. The van der Waals surface area contributed by atoms with E-state index in [-0.39, 0.29) is 0 Å². The molecule has 14 heavy (non-hydrogen) atoms. The predicted molar refractivity (Wildman–Crippen MR) is 57.6 cm³/mol. The lowest BCUT2D eigenvalue weighted by atomic mass is 10.1. The van der Waals surface area contributed by atoms with Crippen LogP contribution in [-0.4, -0.2) is 16.5 Å². The standard InChI is InChI=1S/C9H8N2O.C2H6/c1-6-2-3-7(5-12)9-8(6)4-10-11-9;1-2/h2-5H,1H3,(H,10,11);1-2H3. The predicted octanol–water partition coefficient (Wildman–Crippen LogP) is 2.71. The molecule has 0 aliphatic carbocycles. The highest BCUT2D eigenvalue weighted by Crippen LogP contribution is 2.18. The summed E-state index contributed by atoms with van der Waals surface area (Å²) >= 11 is 0. The molecule has 74 valence electrons. The van der Waals surface area contributed by atoms with Gasteiger partial charge in [-0.25, -0.2) is 0 Å². The van der Waals surface area contributed by atoms with Gasteiger partial charge in [0.15, 0.2) is 6.29 Å². The van der Waals surface area contributed by atoms with Crippen LogP contribution in [-0.2, 0) is 0 Å². The normalized spacial score (nSPS) is 9.36. The molecule has 0 aliphatic heterocycles. The van der Waals surface area contributed by atoms with Crippen molar-refractivity contribution in [1.82, 2.24) is 10.2 Å². The molecule has 0 amide bonds. The van der Waals surface area contributed by atoms with E-state index in [0.29, 0.717) is 5.56 Å². The summed E-state index contributed by atoms with van der Waals surface area (Å²) in [5.41, 5.74) is 2.61. The van der Waals surface area contributed by atoms with Gasteiger partial charge in [-0.1, -0.05) is 19.9 Å². The largest absolute Gasteiger partial charge is 0.298 e. The van der Waals surface area contributed by atoms with E-state index in [1.807, 2.05) is 26.8 Å². The molecule has 0 atom stereocenters. The molecule has 0 saturated heterocycles. The summed E-state index contributed by atoms with van der Waals surface area (Å²) in [5, 5.41) is 7.70. The monoisotopic (exact) mass is 190 g/mol. The average molecular weight is 190 g/mol. The Balaban J connectivity index is 0.000000461. The van der Waals surface area contributed by atoms with Gasteiger partial charge in [-0.3, -0.25) is 9.89 Å². The van der Waals surface area contributed by atoms with Gasteiger partial charge < -0.3 is 0 Å². The zero-order chi connectivity index (χ0) is 10.6. The SMILES string of the molecule is CC.Cc1ccc(C=O)c2[nH]ncc12. The number of carbonyl (C=O) groups is 1. The third-order valence-corrected chi connectivity index (χ3v) is 1.99. The Morgan fingerprint density at radius 2 is 2.07 bits per heavy atom. The Labute approximate surface area is 83.1 Å². The summed E-state index contributed by atoms with van der Waals surface area (Å²) in [7, 11) is 0. The van der Waals surface area contributed by atoms with Gasteiger partial charge >= 0.3 is 0 Å². The van der Waals surface area contributed by atoms with E-state index in [9.17, 15) is 4.79 Å². The van der Waals surface area contributed by atoms with Gasteiger partial charge in [0.1, 0.15) is 0 Å². The van der Waals surface area contributed by atoms with Crippen LogP contribution in [0, 0.1) is 6.92 Å². The van der Waals surface area contributed by atoms with Gasteiger partial charge in [0.2, 0.25) is 0 Å². The second-order valence-electron chi connectivity index (χ2n) is 2.75. The lowest BCUT2D eigenvalue weighted by molar-refractivity contribution is 0.112. The molecule has 1 aromatic heterocycles. The first-order valence-corrected chi connectivity index (χ1v) is 4.71. The van der Waals surface area contributed by atoms with Gasteiger partial charge in [-0.05, 0) is 18.6 Å². The highest BCUT2D eigenvalue weighted by molar-refractivity contribution is 5.96. The molecule has 0 spiro atoms. The maximum Gasteiger partial charge on any atom is 0.152 e. The number of fused-ring (bicyclic) bond motifs is 1. The van der Waals surface area contributed by atoms with Crippen molar-refractivity contribution in [1.29, 1.82) is 0 Å². The molecule has 3 nitrogen and oxygen atoms in total. The third kappa shape index (κ3) is 1.66. The first-order valence-electron chi connectivity index (χ1n) is 4.71. The van der Waals surface area contributed by atoms with Crippen molar-refractivity contribution in [3.8, 4) is 0 Å². The molecule has 0 unspecified atom stereocenters. The second-order valence-corrected chi connectivity index (χ2v) is 2.75. The maximum absolute atomic E-state index is 10.6. The number of nitrogens with zero attached hydrogens (tertiary/aromatic N) is 1. The van der Waals surface area contributed by atoms with Crippen molar-refractivity contribution < 1.29 is 4.79 Å². The molecule has 0 radical (unpaired) electrons. The number of aromatic amines is 1. The molecule has 0 saturated carbocycles. The molecule has 2 rings (SSSR count). The van der Waals surface area contributed by atoms with E-state index in [2.05, 4.69) is 10.2 Å². The summed E-state index contributed by atoms with van der Waals surface area (Å²) in [4.78, 5) is 10.6. The Morgan fingerprint density at radius 1 is 1.36 bits per heavy atom. The van der Waals surface area contributed by atoms with Gasteiger partial charge in [0, 0.05) is 10.9 Å². The lowest BCUT2D eigenvalue weighted by Crippen LogP contribution is -1.84. The zero-order valence-electron chi connectivity index (χ0n) is 8.66. The quantitative estimate of drug-likeness (QED) is 0.703. The van der Waals surface area contributed by atoms with E-state index in [0.717, 1.165) is 22.8 Å². The average Bonchev–Trinajstić information content (AvgIpc) is 2.71. The van der Waals surface area contributed by atoms with E-state index in [4.69, 9.17) is 0 Å². The van der Waals surface area contributed by atoms with Crippen LogP contribution >= 0.6 is 0 Å². The summed E-state index contributed by atoms with van der Waals surface area (Å²) in [6.45, 7) is 5.99. The number of hydrogen-bond acceptors (Lipinski definition) is 2. The van der Waals surface area contributed by atoms with Gasteiger partial charge in [-0.15, -0.1) is 0 Å². The minimum Gasteiger partial charge on any atom is -0.298 e. The molecule has 0 fully saturated rings. The number of nitrogens with one attached hydrogen (secondary N) is 1. The van der Waals surface area contributed by atoms with Crippen molar-refractivity contribution in [3.63, 3.8) is 0 Å². The maximum atomic E-state index is 10.6. The van der Waals surface area contributed by atoms with Crippen molar-refractivity contribution in [2.24, 2.45) is 0 Å². The second kappa shape index (κ2) is 4.56. The molecule has 3 heteroatoms. The van der Waals surface area contributed by atoms with Gasteiger partial charge in [0.05, 0.1) is 11.7 Å². The number of hydrogen-bond donors (Lipinski definition) is 1. The number of benzene rings is 1. The fourth-order valence-electron chi connectivity index (χ4n) is 1.29.